The molecule has 1 atom stereocenters. The third-order valence-electron chi connectivity index (χ3n) is 6.70. The summed E-state index contributed by atoms with van der Waals surface area (Å²) in [6.45, 7) is 0. The van der Waals surface area contributed by atoms with E-state index in [1.54, 1.807) is 6.07 Å². The van der Waals surface area contributed by atoms with Crippen molar-refractivity contribution in [1.29, 1.82) is 0 Å². The van der Waals surface area contributed by atoms with Gasteiger partial charge in [0.15, 0.2) is 5.43 Å². The standard InChI is InChI=1S/C30H30O3.CH5N/c31-27-21-30(24-15-7-8-16-24)33-29-19-18-25(20-26(27)29)32-28(23-13-5-2-6-14-23)17-9-12-22-10-3-1-4-11-22;1-2/h1-6,10-11,13-14,18-21,24,28H,7-9,12,15-17H2;2H2,1H3. The maximum Gasteiger partial charge on any atom is 0.193 e. The second-order valence-corrected chi connectivity index (χ2v) is 9.05. The fourth-order valence-corrected chi connectivity index (χ4v) is 4.90. The lowest BCUT2D eigenvalue weighted by Gasteiger charge is -2.20. The largest absolute Gasteiger partial charge is 0.486 e. The Kier molecular flexibility index (Phi) is 8.74. The first-order valence-electron chi connectivity index (χ1n) is 12.7. The Labute approximate surface area is 207 Å². The molecular weight excluding hydrogens is 434 g/mol. The van der Waals surface area contributed by atoms with E-state index in [0.29, 0.717) is 22.6 Å². The number of hydrogen-bond acceptors (Lipinski definition) is 4. The summed E-state index contributed by atoms with van der Waals surface area (Å²) in [5.41, 5.74) is 7.65. The lowest BCUT2D eigenvalue weighted by molar-refractivity contribution is 0.192. The van der Waals surface area contributed by atoms with Crippen molar-refractivity contribution in [2.45, 2.75) is 57.0 Å². The van der Waals surface area contributed by atoms with E-state index in [9.17, 15) is 4.79 Å². The summed E-state index contributed by atoms with van der Waals surface area (Å²) in [6, 6.07) is 28.2. The van der Waals surface area contributed by atoms with Crippen molar-refractivity contribution in [3.05, 3.63) is 112 Å². The van der Waals surface area contributed by atoms with Gasteiger partial charge in [-0.1, -0.05) is 73.5 Å². The molecule has 3 aromatic carbocycles. The zero-order valence-electron chi connectivity index (χ0n) is 20.5. The normalized spacial score (nSPS) is 14.3. The number of benzene rings is 3. The summed E-state index contributed by atoms with van der Waals surface area (Å²) in [5, 5.41) is 0.588. The lowest BCUT2D eigenvalue weighted by atomic mass is 10.0. The van der Waals surface area contributed by atoms with Crippen molar-refractivity contribution in [2.75, 3.05) is 7.05 Å². The summed E-state index contributed by atoms with van der Waals surface area (Å²) in [4.78, 5) is 12.9. The molecule has 182 valence electrons. The van der Waals surface area contributed by atoms with Crippen LogP contribution in [0.1, 0.15) is 67.4 Å². The van der Waals surface area contributed by atoms with E-state index in [0.717, 1.165) is 43.4 Å². The first kappa shape index (κ1) is 24.7. The summed E-state index contributed by atoms with van der Waals surface area (Å²) in [7, 11) is 1.50. The highest BCUT2D eigenvalue weighted by Gasteiger charge is 2.21. The van der Waals surface area contributed by atoms with Crippen LogP contribution >= 0.6 is 0 Å². The van der Waals surface area contributed by atoms with Gasteiger partial charge in [0.2, 0.25) is 0 Å². The Balaban J connectivity index is 0.00000141. The number of aryl methyl sites for hydroxylation is 1. The molecule has 35 heavy (non-hydrogen) atoms. The Hall–Kier alpha value is -3.37. The van der Waals surface area contributed by atoms with Crippen molar-refractivity contribution >= 4 is 11.0 Å². The average Bonchev–Trinajstić information content (AvgIpc) is 3.46. The molecule has 2 N–H and O–H groups in total. The Bertz CT molecular complexity index is 1240. The van der Waals surface area contributed by atoms with Gasteiger partial charge in [-0.2, -0.15) is 0 Å². The molecule has 1 heterocycles. The van der Waals surface area contributed by atoms with Crippen LogP contribution in [0.3, 0.4) is 0 Å². The predicted molar refractivity (Wildman–Crippen MR) is 143 cm³/mol. The number of ether oxygens (including phenoxy) is 1. The van der Waals surface area contributed by atoms with Crippen LogP contribution in [0.25, 0.3) is 11.0 Å². The van der Waals surface area contributed by atoms with Crippen LogP contribution in [0.4, 0.5) is 0 Å². The third kappa shape index (κ3) is 6.40. The molecule has 1 unspecified atom stereocenters. The molecule has 1 saturated carbocycles. The zero-order valence-corrected chi connectivity index (χ0v) is 20.5. The molecule has 1 aliphatic carbocycles. The van der Waals surface area contributed by atoms with Crippen LogP contribution in [0.15, 0.2) is 94.1 Å². The van der Waals surface area contributed by atoms with Crippen LogP contribution in [0, 0.1) is 0 Å². The second kappa shape index (κ2) is 12.4. The molecule has 0 amide bonds. The van der Waals surface area contributed by atoms with Gasteiger partial charge >= 0.3 is 0 Å². The molecular formula is C31H35NO3. The van der Waals surface area contributed by atoms with Gasteiger partial charge in [-0.3, -0.25) is 4.79 Å². The fraction of sp³-hybridized carbons (Fsp3) is 0.323. The van der Waals surface area contributed by atoms with Gasteiger partial charge in [0.1, 0.15) is 23.2 Å². The van der Waals surface area contributed by atoms with Crippen LogP contribution < -0.4 is 15.9 Å². The zero-order chi connectivity index (χ0) is 24.5. The molecule has 0 spiro atoms. The molecule has 4 heteroatoms. The van der Waals surface area contributed by atoms with Crippen molar-refractivity contribution < 1.29 is 9.15 Å². The smallest absolute Gasteiger partial charge is 0.193 e. The van der Waals surface area contributed by atoms with Gasteiger partial charge in [0.05, 0.1) is 5.39 Å². The molecule has 0 aliphatic heterocycles. The second-order valence-electron chi connectivity index (χ2n) is 9.05. The molecule has 1 aromatic heterocycles. The molecule has 4 nitrogen and oxygen atoms in total. The molecule has 0 radical (unpaired) electrons. The molecule has 1 fully saturated rings. The molecule has 4 aromatic rings. The van der Waals surface area contributed by atoms with Crippen LogP contribution in [0.2, 0.25) is 0 Å². The van der Waals surface area contributed by atoms with Crippen LogP contribution in [0.5, 0.6) is 5.75 Å². The molecule has 0 saturated heterocycles. The summed E-state index contributed by atoms with van der Waals surface area (Å²) in [6.07, 6.45) is 7.50. The highest BCUT2D eigenvalue weighted by atomic mass is 16.5. The van der Waals surface area contributed by atoms with Crippen molar-refractivity contribution in [3.8, 4) is 5.75 Å². The Morgan fingerprint density at radius 3 is 2.31 bits per heavy atom. The number of nitrogens with two attached hydrogens (primary N) is 1. The average molecular weight is 470 g/mol. The Morgan fingerprint density at radius 1 is 0.914 bits per heavy atom. The Morgan fingerprint density at radius 2 is 1.60 bits per heavy atom. The predicted octanol–water partition coefficient (Wildman–Crippen LogP) is 7.17. The fourth-order valence-electron chi connectivity index (χ4n) is 4.90. The minimum Gasteiger partial charge on any atom is -0.486 e. The van der Waals surface area contributed by atoms with E-state index in [2.05, 4.69) is 42.1 Å². The SMILES string of the molecule is CN.O=c1cc(C2CCCC2)oc2ccc(OC(CCCc3ccccc3)c3ccccc3)cc12. The maximum absolute atomic E-state index is 12.9. The van der Waals surface area contributed by atoms with E-state index in [1.165, 1.54) is 25.5 Å². The van der Waals surface area contributed by atoms with Crippen LogP contribution in [-0.4, -0.2) is 7.05 Å². The monoisotopic (exact) mass is 469 g/mol. The number of hydrogen-bond donors (Lipinski definition) is 1. The van der Waals surface area contributed by atoms with Gasteiger partial charge in [0, 0.05) is 12.0 Å². The highest BCUT2D eigenvalue weighted by molar-refractivity contribution is 5.78. The van der Waals surface area contributed by atoms with Gasteiger partial charge in [-0.25, -0.2) is 0 Å². The minimum absolute atomic E-state index is 0.0175. The lowest BCUT2D eigenvalue weighted by Crippen LogP contribution is -2.09. The maximum atomic E-state index is 12.9. The van der Waals surface area contributed by atoms with Crippen LogP contribution in [-0.2, 0) is 6.42 Å². The minimum atomic E-state index is -0.0721. The van der Waals surface area contributed by atoms with Gasteiger partial charge < -0.3 is 14.9 Å². The first-order valence-corrected chi connectivity index (χ1v) is 12.7. The molecule has 5 rings (SSSR count). The topological polar surface area (TPSA) is 65.5 Å². The number of fused-ring (bicyclic) bond motifs is 1. The van der Waals surface area contributed by atoms with Crippen molar-refractivity contribution in [2.24, 2.45) is 5.73 Å². The van der Waals surface area contributed by atoms with E-state index < -0.39 is 0 Å². The first-order chi connectivity index (χ1) is 17.3. The van der Waals surface area contributed by atoms with E-state index in [-0.39, 0.29) is 11.5 Å². The third-order valence-corrected chi connectivity index (χ3v) is 6.70. The van der Waals surface area contributed by atoms with Gasteiger partial charge in [0.25, 0.3) is 0 Å². The summed E-state index contributed by atoms with van der Waals surface area (Å²) < 4.78 is 12.6. The molecule has 0 bridgehead atoms. The summed E-state index contributed by atoms with van der Waals surface area (Å²) in [5.74, 6) is 1.92. The number of rotatable bonds is 8. The van der Waals surface area contributed by atoms with Crippen molar-refractivity contribution in [3.63, 3.8) is 0 Å². The highest BCUT2D eigenvalue weighted by Crippen LogP contribution is 2.35. The quantitative estimate of drug-likeness (QED) is 0.297. The van der Waals surface area contributed by atoms with E-state index in [1.807, 2.05) is 42.5 Å². The van der Waals surface area contributed by atoms with Gasteiger partial charge in [-0.15, -0.1) is 0 Å². The summed E-state index contributed by atoms with van der Waals surface area (Å²) >= 11 is 0. The van der Waals surface area contributed by atoms with Crippen molar-refractivity contribution in [1.82, 2.24) is 0 Å². The molecule has 1 aliphatic rings. The van der Waals surface area contributed by atoms with Gasteiger partial charge in [-0.05, 0) is 68.5 Å². The van der Waals surface area contributed by atoms with E-state index in [4.69, 9.17) is 9.15 Å². The van der Waals surface area contributed by atoms with E-state index >= 15 is 0 Å².